The summed E-state index contributed by atoms with van der Waals surface area (Å²) in [6, 6.07) is 28.8. The summed E-state index contributed by atoms with van der Waals surface area (Å²) in [6.45, 7) is 0.940. The maximum Gasteiger partial charge on any atom is 0.151 e. The molecular formula is C28H26O3. The van der Waals surface area contributed by atoms with E-state index in [1.807, 2.05) is 48.5 Å². The molecule has 2 bridgehead atoms. The van der Waals surface area contributed by atoms with Gasteiger partial charge in [-0.25, -0.2) is 0 Å². The summed E-state index contributed by atoms with van der Waals surface area (Å²) in [4.78, 5) is 13.7. The summed E-state index contributed by atoms with van der Waals surface area (Å²) >= 11 is 0. The van der Waals surface area contributed by atoms with Crippen LogP contribution < -0.4 is 4.74 Å². The van der Waals surface area contributed by atoms with Gasteiger partial charge in [-0.15, -0.1) is 0 Å². The van der Waals surface area contributed by atoms with Crippen LogP contribution in [0.3, 0.4) is 0 Å². The Kier molecular flexibility index (Phi) is 5.21. The number of hydrogen-bond acceptors (Lipinski definition) is 3. The van der Waals surface area contributed by atoms with Crippen molar-refractivity contribution in [1.29, 1.82) is 0 Å². The molecule has 1 saturated carbocycles. The van der Waals surface area contributed by atoms with Crippen molar-refractivity contribution in [3.8, 4) is 5.75 Å². The zero-order chi connectivity index (χ0) is 21.3. The molecule has 3 aromatic carbocycles. The summed E-state index contributed by atoms with van der Waals surface area (Å²) < 4.78 is 11.4. The van der Waals surface area contributed by atoms with Gasteiger partial charge in [-0.1, -0.05) is 78.9 Å². The van der Waals surface area contributed by atoms with Crippen LogP contribution in [0, 0.1) is 11.3 Å². The van der Waals surface area contributed by atoms with Gasteiger partial charge < -0.3 is 9.47 Å². The first-order chi connectivity index (χ1) is 15.2. The lowest BCUT2D eigenvalue weighted by atomic mass is 9.71. The van der Waals surface area contributed by atoms with E-state index in [9.17, 15) is 4.79 Å². The van der Waals surface area contributed by atoms with Crippen LogP contribution in [0.25, 0.3) is 5.57 Å². The van der Waals surface area contributed by atoms with Crippen LogP contribution in [0.2, 0.25) is 0 Å². The molecule has 3 aromatic rings. The minimum atomic E-state index is -0.668. The number of methoxy groups -OCH3 is 1. The number of ether oxygens (including phenoxy) is 2. The SMILES string of the molecule is COc1ccc([C@@H]2C[C@@H]3COC[C@@]2(C=C(c2ccccc2)c2ccccc2)C3=O)cc1. The van der Waals surface area contributed by atoms with Gasteiger partial charge in [0.2, 0.25) is 0 Å². The predicted octanol–water partition coefficient (Wildman–Crippen LogP) is 5.52. The fourth-order valence-corrected chi connectivity index (χ4v) is 5.15. The molecule has 1 saturated heterocycles. The van der Waals surface area contributed by atoms with Crippen molar-refractivity contribution in [3.63, 3.8) is 0 Å². The van der Waals surface area contributed by atoms with Gasteiger partial charge in [-0.3, -0.25) is 4.79 Å². The first-order valence-corrected chi connectivity index (χ1v) is 10.8. The Bertz CT molecular complexity index is 1040. The Morgan fingerprint density at radius 3 is 2.13 bits per heavy atom. The Morgan fingerprint density at radius 2 is 1.55 bits per heavy atom. The molecule has 156 valence electrons. The van der Waals surface area contributed by atoms with E-state index in [-0.39, 0.29) is 11.8 Å². The number of carbonyl (C=O) groups excluding carboxylic acids is 1. The molecule has 5 rings (SSSR count). The van der Waals surface area contributed by atoms with Crippen molar-refractivity contribution in [2.45, 2.75) is 12.3 Å². The van der Waals surface area contributed by atoms with Gasteiger partial charge in [-0.2, -0.15) is 0 Å². The quantitative estimate of drug-likeness (QED) is 0.556. The van der Waals surface area contributed by atoms with Crippen LogP contribution in [-0.2, 0) is 9.53 Å². The van der Waals surface area contributed by atoms with Gasteiger partial charge >= 0.3 is 0 Å². The van der Waals surface area contributed by atoms with E-state index in [0.29, 0.717) is 19.0 Å². The maximum absolute atomic E-state index is 13.7. The van der Waals surface area contributed by atoms with Gasteiger partial charge in [0.1, 0.15) is 5.75 Å². The summed E-state index contributed by atoms with van der Waals surface area (Å²) in [6.07, 6.45) is 3.02. The van der Waals surface area contributed by atoms with Crippen LogP contribution in [0.4, 0.5) is 0 Å². The lowest BCUT2D eigenvalue weighted by molar-refractivity contribution is -0.137. The smallest absolute Gasteiger partial charge is 0.151 e. The fraction of sp³-hybridized carbons (Fsp3) is 0.250. The Balaban J connectivity index is 1.67. The van der Waals surface area contributed by atoms with E-state index in [1.165, 1.54) is 5.56 Å². The summed E-state index contributed by atoms with van der Waals surface area (Å²) in [5, 5.41) is 0. The first kappa shape index (κ1) is 19.8. The van der Waals surface area contributed by atoms with Crippen LogP contribution in [0.15, 0.2) is 91.0 Å². The predicted molar refractivity (Wildman–Crippen MR) is 122 cm³/mol. The number of carbonyl (C=O) groups is 1. The van der Waals surface area contributed by atoms with Crippen LogP contribution >= 0.6 is 0 Å². The normalized spacial score (nSPS) is 24.6. The van der Waals surface area contributed by atoms with Crippen LogP contribution in [0.5, 0.6) is 5.75 Å². The third-order valence-corrected chi connectivity index (χ3v) is 6.72. The first-order valence-electron chi connectivity index (χ1n) is 10.8. The number of rotatable bonds is 5. The molecule has 3 atom stereocenters. The average Bonchev–Trinajstić information content (AvgIpc) is 2.98. The van der Waals surface area contributed by atoms with Crippen molar-refractivity contribution in [3.05, 3.63) is 108 Å². The van der Waals surface area contributed by atoms with Crippen molar-refractivity contribution < 1.29 is 14.3 Å². The zero-order valence-corrected chi connectivity index (χ0v) is 17.7. The molecule has 1 aliphatic carbocycles. The number of fused-ring (bicyclic) bond motifs is 2. The minimum absolute atomic E-state index is 0.0510. The number of hydrogen-bond donors (Lipinski definition) is 0. The highest BCUT2D eigenvalue weighted by Crippen LogP contribution is 2.54. The standard InChI is InChI=1S/C28H26O3/c1-30-24-14-12-22(13-15-24)26-16-23-18-31-19-28(26,27(23)29)17-25(20-8-4-2-5-9-20)21-10-6-3-7-11-21/h2-15,17,23,26H,16,18-19H2,1H3/t23-,26+,28-/m1/s1. The van der Waals surface area contributed by atoms with Gasteiger partial charge in [0, 0.05) is 11.8 Å². The molecule has 2 aliphatic rings. The molecular weight excluding hydrogens is 384 g/mol. The minimum Gasteiger partial charge on any atom is -0.497 e. The molecule has 0 amide bonds. The maximum atomic E-state index is 13.7. The molecule has 1 heterocycles. The third-order valence-electron chi connectivity index (χ3n) is 6.72. The summed E-state index contributed by atoms with van der Waals surface area (Å²) in [5.41, 5.74) is 3.80. The Hall–Kier alpha value is -3.17. The largest absolute Gasteiger partial charge is 0.497 e. The van der Waals surface area contributed by atoms with Crippen molar-refractivity contribution >= 4 is 11.4 Å². The van der Waals surface area contributed by atoms with E-state index >= 15 is 0 Å². The number of ketones is 1. The third kappa shape index (κ3) is 3.49. The van der Waals surface area contributed by atoms with E-state index < -0.39 is 5.41 Å². The van der Waals surface area contributed by atoms with E-state index in [2.05, 4.69) is 42.5 Å². The molecule has 0 N–H and O–H groups in total. The van der Waals surface area contributed by atoms with Gasteiger partial charge in [0.15, 0.2) is 5.78 Å². The highest BCUT2D eigenvalue weighted by atomic mass is 16.5. The lowest BCUT2D eigenvalue weighted by Gasteiger charge is -2.34. The molecule has 2 fully saturated rings. The Morgan fingerprint density at radius 1 is 0.935 bits per heavy atom. The molecule has 1 aliphatic heterocycles. The number of benzene rings is 3. The fourth-order valence-electron chi connectivity index (χ4n) is 5.15. The second-order valence-corrected chi connectivity index (χ2v) is 8.47. The molecule has 0 radical (unpaired) electrons. The molecule has 31 heavy (non-hydrogen) atoms. The molecule has 0 unspecified atom stereocenters. The van der Waals surface area contributed by atoms with E-state index in [0.717, 1.165) is 28.9 Å². The van der Waals surface area contributed by atoms with E-state index in [4.69, 9.17) is 9.47 Å². The average molecular weight is 411 g/mol. The highest BCUT2D eigenvalue weighted by Gasteiger charge is 2.56. The van der Waals surface area contributed by atoms with E-state index in [1.54, 1.807) is 7.11 Å². The van der Waals surface area contributed by atoms with Gasteiger partial charge in [-0.05, 0) is 40.8 Å². The lowest BCUT2D eigenvalue weighted by Crippen LogP contribution is -2.41. The van der Waals surface area contributed by atoms with Crippen molar-refractivity contribution in [1.82, 2.24) is 0 Å². The van der Waals surface area contributed by atoms with Gasteiger partial charge in [0.25, 0.3) is 0 Å². The Labute approximate surface area is 183 Å². The second kappa shape index (κ2) is 8.16. The van der Waals surface area contributed by atoms with Crippen LogP contribution in [0.1, 0.15) is 29.0 Å². The molecule has 3 heteroatoms. The highest BCUT2D eigenvalue weighted by molar-refractivity contribution is 5.96. The van der Waals surface area contributed by atoms with Crippen molar-refractivity contribution in [2.24, 2.45) is 11.3 Å². The van der Waals surface area contributed by atoms with Crippen molar-refractivity contribution in [2.75, 3.05) is 20.3 Å². The second-order valence-electron chi connectivity index (χ2n) is 8.47. The summed E-state index contributed by atoms with van der Waals surface area (Å²) in [5.74, 6) is 1.17. The topological polar surface area (TPSA) is 35.5 Å². The van der Waals surface area contributed by atoms with Crippen LogP contribution in [-0.4, -0.2) is 26.1 Å². The monoisotopic (exact) mass is 410 g/mol. The zero-order valence-electron chi connectivity index (χ0n) is 17.7. The number of Topliss-reactive ketones (excluding diaryl/α,β-unsaturated/α-hetero) is 1. The summed E-state index contributed by atoms with van der Waals surface area (Å²) in [7, 11) is 1.67. The molecule has 0 spiro atoms. The molecule has 0 aromatic heterocycles. The molecule has 3 nitrogen and oxygen atoms in total. The van der Waals surface area contributed by atoms with Gasteiger partial charge in [0.05, 0.1) is 25.7 Å².